The van der Waals surface area contributed by atoms with Gasteiger partial charge in [0.25, 0.3) is 0 Å². The minimum absolute atomic E-state index is 0.191. The summed E-state index contributed by atoms with van der Waals surface area (Å²) in [6.45, 7) is 8.20. The Morgan fingerprint density at radius 1 is 0.962 bits per heavy atom. The second kappa shape index (κ2) is 7.42. The van der Waals surface area contributed by atoms with E-state index in [1.165, 1.54) is 12.1 Å². The van der Waals surface area contributed by atoms with Crippen LogP contribution in [0.5, 0.6) is 0 Å². The van der Waals surface area contributed by atoms with Crippen molar-refractivity contribution >= 4 is 15.7 Å². The predicted octanol–water partition coefficient (Wildman–Crippen LogP) is 0.667. The number of rotatable bonds is 5. The van der Waals surface area contributed by atoms with Crippen molar-refractivity contribution < 1.29 is 12.8 Å². The third-order valence-corrected chi connectivity index (χ3v) is 7.79. The molecule has 1 aromatic rings. The summed E-state index contributed by atoms with van der Waals surface area (Å²) >= 11 is 0. The van der Waals surface area contributed by atoms with Crippen molar-refractivity contribution in [1.82, 2.24) is 14.1 Å². The quantitative estimate of drug-likeness (QED) is 0.749. The van der Waals surface area contributed by atoms with Crippen molar-refractivity contribution in [2.24, 2.45) is 0 Å². The number of halogens is 1. The van der Waals surface area contributed by atoms with E-state index < -0.39 is 10.0 Å². The van der Waals surface area contributed by atoms with Crippen LogP contribution in [0.25, 0.3) is 0 Å². The molecular weight excluding hydrogens is 355 g/mol. The van der Waals surface area contributed by atoms with Crippen LogP contribution in [0.4, 0.5) is 10.1 Å². The van der Waals surface area contributed by atoms with E-state index >= 15 is 0 Å². The molecule has 1 aromatic carbocycles. The largest absolute Gasteiger partial charge is 0.369 e. The van der Waals surface area contributed by atoms with Gasteiger partial charge in [0.1, 0.15) is 5.82 Å². The summed E-state index contributed by atoms with van der Waals surface area (Å²) in [6.07, 6.45) is 0.767. The molecule has 144 valence electrons. The van der Waals surface area contributed by atoms with Gasteiger partial charge in [-0.3, -0.25) is 9.80 Å². The highest BCUT2D eigenvalue weighted by Gasteiger charge is 2.35. The molecule has 0 saturated carbocycles. The molecule has 0 aliphatic carbocycles. The number of hydrogen-bond donors (Lipinski definition) is 0. The molecule has 0 radical (unpaired) electrons. The van der Waals surface area contributed by atoms with E-state index in [9.17, 15) is 12.8 Å². The second-order valence-corrected chi connectivity index (χ2v) is 9.57. The van der Waals surface area contributed by atoms with Crippen molar-refractivity contribution in [3.8, 4) is 0 Å². The van der Waals surface area contributed by atoms with E-state index in [0.29, 0.717) is 24.9 Å². The fourth-order valence-corrected chi connectivity index (χ4v) is 5.67. The maximum absolute atomic E-state index is 13.0. The van der Waals surface area contributed by atoms with Gasteiger partial charge in [0, 0.05) is 70.6 Å². The molecule has 3 fully saturated rings. The average molecular weight is 383 g/mol. The van der Waals surface area contributed by atoms with Gasteiger partial charge in [0.05, 0.1) is 5.75 Å². The highest BCUT2D eigenvalue weighted by atomic mass is 32.2. The molecule has 0 bridgehead atoms. The number of likely N-dealkylation sites (tertiary alicyclic amines) is 1. The van der Waals surface area contributed by atoms with Gasteiger partial charge in [0.15, 0.2) is 0 Å². The maximum Gasteiger partial charge on any atom is 0.214 e. The summed E-state index contributed by atoms with van der Waals surface area (Å²) < 4.78 is 38.4. The summed E-state index contributed by atoms with van der Waals surface area (Å²) in [5.74, 6) is 0.122. The molecule has 4 rings (SSSR count). The standard InChI is InChI=1S/C18H27FN4O2S/c19-16-2-4-17(5-3-16)21-8-10-22(11-9-21)18-14-20(15-18)7-12-23-6-1-13-26(23,24)25/h2-5,18H,1,6-15H2. The van der Waals surface area contributed by atoms with Crippen LogP contribution in [0.15, 0.2) is 24.3 Å². The van der Waals surface area contributed by atoms with Crippen LogP contribution in [0.3, 0.4) is 0 Å². The monoisotopic (exact) mass is 382 g/mol. The fraction of sp³-hybridized carbons (Fsp3) is 0.667. The van der Waals surface area contributed by atoms with Crippen molar-refractivity contribution in [2.45, 2.75) is 12.5 Å². The van der Waals surface area contributed by atoms with E-state index in [-0.39, 0.29) is 5.82 Å². The molecule has 3 aliphatic rings. The van der Waals surface area contributed by atoms with Gasteiger partial charge >= 0.3 is 0 Å². The van der Waals surface area contributed by atoms with Gasteiger partial charge in [-0.05, 0) is 30.7 Å². The molecule has 0 N–H and O–H groups in total. The maximum atomic E-state index is 13.0. The molecule has 0 unspecified atom stereocenters. The Kier molecular flexibility index (Phi) is 5.18. The Morgan fingerprint density at radius 3 is 2.27 bits per heavy atom. The fourth-order valence-electron chi connectivity index (χ4n) is 4.15. The van der Waals surface area contributed by atoms with E-state index in [1.54, 1.807) is 4.31 Å². The molecule has 0 atom stereocenters. The smallest absolute Gasteiger partial charge is 0.214 e. The minimum atomic E-state index is -2.97. The van der Waals surface area contributed by atoms with E-state index in [0.717, 1.165) is 57.9 Å². The molecule has 3 heterocycles. The van der Waals surface area contributed by atoms with Crippen molar-refractivity contribution in [3.05, 3.63) is 30.1 Å². The summed E-state index contributed by atoms with van der Waals surface area (Å²) in [4.78, 5) is 7.19. The predicted molar refractivity (Wildman–Crippen MR) is 100 cm³/mol. The lowest BCUT2D eigenvalue weighted by atomic mass is 10.1. The zero-order valence-corrected chi connectivity index (χ0v) is 15.9. The minimum Gasteiger partial charge on any atom is -0.369 e. The van der Waals surface area contributed by atoms with Gasteiger partial charge in [-0.2, -0.15) is 0 Å². The summed E-state index contributed by atoms with van der Waals surface area (Å²) in [5, 5.41) is 0. The van der Waals surface area contributed by atoms with Crippen molar-refractivity contribution in [3.63, 3.8) is 0 Å². The first-order valence-corrected chi connectivity index (χ1v) is 11.1. The first-order chi connectivity index (χ1) is 12.5. The molecule has 6 nitrogen and oxygen atoms in total. The number of hydrogen-bond acceptors (Lipinski definition) is 5. The Morgan fingerprint density at radius 2 is 1.65 bits per heavy atom. The van der Waals surface area contributed by atoms with Crippen LogP contribution in [0, 0.1) is 5.82 Å². The first kappa shape index (κ1) is 18.2. The zero-order chi connectivity index (χ0) is 18.1. The molecule has 8 heteroatoms. The van der Waals surface area contributed by atoms with E-state index in [2.05, 4.69) is 14.7 Å². The van der Waals surface area contributed by atoms with Crippen LogP contribution in [-0.2, 0) is 10.0 Å². The Hall–Kier alpha value is -1.22. The Bertz CT molecular complexity index is 713. The highest BCUT2D eigenvalue weighted by Crippen LogP contribution is 2.21. The van der Waals surface area contributed by atoms with Crippen LogP contribution >= 0.6 is 0 Å². The highest BCUT2D eigenvalue weighted by molar-refractivity contribution is 7.89. The molecule has 0 amide bonds. The average Bonchev–Trinajstić information content (AvgIpc) is 2.93. The third-order valence-electron chi connectivity index (χ3n) is 5.83. The van der Waals surface area contributed by atoms with Crippen LogP contribution in [0.2, 0.25) is 0 Å². The second-order valence-electron chi connectivity index (χ2n) is 7.48. The molecule has 26 heavy (non-hydrogen) atoms. The van der Waals surface area contributed by atoms with Gasteiger partial charge in [0.2, 0.25) is 10.0 Å². The number of anilines is 1. The van der Waals surface area contributed by atoms with E-state index in [1.807, 2.05) is 12.1 Å². The van der Waals surface area contributed by atoms with Gasteiger partial charge in [-0.25, -0.2) is 17.1 Å². The number of benzene rings is 1. The summed E-state index contributed by atoms with van der Waals surface area (Å²) in [5.41, 5.74) is 1.09. The van der Waals surface area contributed by atoms with Crippen molar-refractivity contribution in [2.75, 3.05) is 69.6 Å². The molecular formula is C18H27FN4O2S. The Balaban J connectivity index is 1.18. The SMILES string of the molecule is O=S1(=O)CCCN1CCN1CC(N2CCN(c3ccc(F)cc3)CC2)C1. The van der Waals surface area contributed by atoms with Crippen LogP contribution < -0.4 is 4.90 Å². The van der Waals surface area contributed by atoms with Gasteiger partial charge in [-0.15, -0.1) is 0 Å². The normalized spacial score (nSPS) is 25.5. The number of nitrogens with zero attached hydrogens (tertiary/aromatic N) is 4. The molecule has 3 saturated heterocycles. The van der Waals surface area contributed by atoms with Gasteiger partial charge < -0.3 is 4.90 Å². The van der Waals surface area contributed by atoms with Crippen LogP contribution in [-0.4, -0.2) is 93.2 Å². The summed E-state index contributed by atoms with van der Waals surface area (Å²) in [7, 11) is -2.97. The lowest BCUT2D eigenvalue weighted by molar-refractivity contribution is 0.0290. The lowest BCUT2D eigenvalue weighted by Gasteiger charge is -2.48. The molecule has 0 aromatic heterocycles. The number of piperazine rings is 1. The Labute approximate surface area is 155 Å². The summed E-state index contributed by atoms with van der Waals surface area (Å²) in [6, 6.07) is 7.32. The number of sulfonamides is 1. The van der Waals surface area contributed by atoms with Crippen LogP contribution in [0.1, 0.15) is 6.42 Å². The lowest BCUT2D eigenvalue weighted by Crippen LogP contribution is -2.63. The first-order valence-electron chi connectivity index (χ1n) is 9.46. The molecule has 0 spiro atoms. The molecule has 3 aliphatic heterocycles. The topological polar surface area (TPSA) is 47.1 Å². The van der Waals surface area contributed by atoms with Crippen molar-refractivity contribution in [1.29, 1.82) is 0 Å². The third kappa shape index (κ3) is 3.88. The zero-order valence-electron chi connectivity index (χ0n) is 15.1. The van der Waals surface area contributed by atoms with Gasteiger partial charge in [-0.1, -0.05) is 0 Å². The van der Waals surface area contributed by atoms with E-state index in [4.69, 9.17) is 0 Å².